The molecule has 2 aromatic rings. The number of carbonyl (C=O) groups is 1. The molecule has 2 N–H and O–H groups in total. The van der Waals surface area contributed by atoms with Crippen LogP contribution in [0.3, 0.4) is 0 Å². The lowest BCUT2D eigenvalue weighted by Crippen LogP contribution is -2.39. The van der Waals surface area contributed by atoms with E-state index < -0.39 is 12.1 Å². The number of fused-ring (bicyclic) bond motifs is 1. The molecule has 0 saturated heterocycles. The third-order valence-corrected chi connectivity index (χ3v) is 3.91. The van der Waals surface area contributed by atoms with Crippen molar-refractivity contribution in [3.63, 3.8) is 0 Å². The lowest BCUT2D eigenvalue weighted by Gasteiger charge is -2.30. The molecular weight excluding hydrogens is 288 g/mol. The molecule has 0 aliphatic heterocycles. The van der Waals surface area contributed by atoms with E-state index in [1.165, 1.54) is 0 Å². The van der Waals surface area contributed by atoms with E-state index in [-0.39, 0.29) is 5.91 Å². The smallest absolute Gasteiger partial charge is 0.251 e. The van der Waals surface area contributed by atoms with Gasteiger partial charge in [-0.2, -0.15) is 0 Å². The average Bonchev–Trinajstić information content (AvgIpc) is 2.51. The molecule has 108 valence electrons. The van der Waals surface area contributed by atoms with Crippen LogP contribution in [-0.2, 0) is 6.42 Å². The molecule has 1 aliphatic rings. The molecule has 5 heteroatoms. The Hall–Kier alpha value is -1.91. The standard InChI is InChI=1S/C16H15ClN2O2/c17-14-9-6-11-12(18-14)7-8-13(20)15(11)19-16(21)10-4-2-1-3-5-10/h1-6,9,13,15,20H,7-8H2,(H,19,21)/t13-,15-/m0/s1. The molecule has 21 heavy (non-hydrogen) atoms. The van der Waals surface area contributed by atoms with Crippen LogP contribution in [-0.4, -0.2) is 22.1 Å². The van der Waals surface area contributed by atoms with Gasteiger partial charge in [0.1, 0.15) is 5.15 Å². The number of nitrogens with one attached hydrogen (secondary N) is 1. The highest BCUT2D eigenvalue weighted by atomic mass is 35.5. The van der Waals surface area contributed by atoms with Crippen LogP contribution >= 0.6 is 11.6 Å². The van der Waals surface area contributed by atoms with Crippen LogP contribution in [0.5, 0.6) is 0 Å². The summed E-state index contributed by atoms with van der Waals surface area (Å²) in [6, 6.07) is 12.0. The van der Waals surface area contributed by atoms with Crippen LogP contribution in [0.1, 0.15) is 34.1 Å². The van der Waals surface area contributed by atoms with Gasteiger partial charge in [-0.25, -0.2) is 4.98 Å². The van der Waals surface area contributed by atoms with E-state index in [1.807, 2.05) is 24.3 Å². The number of carbonyl (C=O) groups excluding carboxylic acids is 1. The fourth-order valence-electron chi connectivity index (χ4n) is 2.62. The molecule has 3 rings (SSSR count). The van der Waals surface area contributed by atoms with Crippen molar-refractivity contribution in [2.45, 2.75) is 25.0 Å². The number of benzene rings is 1. The number of aryl methyl sites for hydroxylation is 1. The van der Waals surface area contributed by atoms with Crippen LogP contribution < -0.4 is 5.32 Å². The first kappa shape index (κ1) is 14.0. The van der Waals surface area contributed by atoms with E-state index in [0.29, 0.717) is 23.6 Å². The van der Waals surface area contributed by atoms with Gasteiger partial charge >= 0.3 is 0 Å². The van der Waals surface area contributed by atoms with Crippen molar-refractivity contribution in [3.05, 3.63) is 64.4 Å². The zero-order chi connectivity index (χ0) is 14.8. The maximum Gasteiger partial charge on any atom is 0.251 e. The van der Waals surface area contributed by atoms with Crippen molar-refractivity contribution < 1.29 is 9.90 Å². The fraction of sp³-hybridized carbons (Fsp3) is 0.250. The van der Waals surface area contributed by atoms with Crippen molar-refractivity contribution in [1.82, 2.24) is 10.3 Å². The van der Waals surface area contributed by atoms with Crippen LogP contribution in [0.15, 0.2) is 42.5 Å². The Balaban J connectivity index is 1.87. The predicted octanol–water partition coefficient (Wildman–Crippen LogP) is 2.51. The number of nitrogens with zero attached hydrogens (tertiary/aromatic N) is 1. The number of hydrogen-bond donors (Lipinski definition) is 2. The molecule has 2 atom stereocenters. The van der Waals surface area contributed by atoms with Crippen LogP contribution in [0.25, 0.3) is 0 Å². The summed E-state index contributed by atoms with van der Waals surface area (Å²) in [5, 5.41) is 13.5. The molecule has 1 heterocycles. The summed E-state index contributed by atoms with van der Waals surface area (Å²) in [7, 11) is 0. The second kappa shape index (κ2) is 5.84. The molecule has 1 aromatic heterocycles. The molecule has 0 fully saturated rings. The minimum absolute atomic E-state index is 0.206. The lowest BCUT2D eigenvalue weighted by atomic mass is 9.88. The summed E-state index contributed by atoms with van der Waals surface area (Å²) in [5.74, 6) is -0.206. The minimum atomic E-state index is -0.617. The van der Waals surface area contributed by atoms with Crippen molar-refractivity contribution >= 4 is 17.5 Å². The number of halogens is 1. The Morgan fingerprint density at radius 3 is 2.76 bits per heavy atom. The van der Waals surface area contributed by atoms with E-state index in [9.17, 15) is 9.90 Å². The highest BCUT2D eigenvalue weighted by molar-refractivity contribution is 6.29. The van der Waals surface area contributed by atoms with Gasteiger partial charge in [0.15, 0.2) is 0 Å². The number of pyridine rings is 1. The molecule has 1 aromatic carbocycles. The molecule has 0 unspecified atom stereocenters. The van der Waals surface area contributed by atoms with Crippen molar-refractivity contribution in [2.75, 3.05) is 0 Å². The quantitative estimate of drug-likeness (QED) is 0.838. The monoisotopic (exact) mass is 302 g/mol. The Bertz CT molecular complexity index is 661. The van der Waals surface area contributed by atoms with Gasteiger partial charge in [-0.1, -0.05) is 35.9 Å². The minimum Gasteiger partial charge on any atom is -0.391 e. The number of aromatic nitrogens is 1. The van der Waals surface area contributed by atoms with Crippen molar-refractivity contribution in [3.8, 4) is 0 Å². The molecule has 0 bridgehead atoms. The largest absolute Gasteiger partial charge is 0.391 e. The number of amides is 1. The van der Waals surface area contributed by atoms with E-state index in [1.54, 1.807) is 18.2 Å². The van der Waals surface area contributed by atoms with E-state index in [4.69, 9.17) is 11.6 Å². The van der Waals surface area contributed by atoms with Gasteiger partial charge in [-0.3, -0.25) is 4.79 Å². The Morgan fingerprint density at radius 2 is 2.00 bits per heavy atom. The summed E-state index contributed by atoms with van der Waals surface area (Å²) in [6.45, 7) is 0. The van der Waals surface area contributed by atoms with Gasteiger partial charge in [0, 0.05) is 11.3 Å². The summed E-state index contributed by atoms with van der Waals surface area (Å²) in [6.07, 6.45) is 0.600. The van der Waals surface area contributed by atoms with Gasteiger partial charge in [-0.15, -0.1) is 0 Å². The first-order valence-electron chi connectivity index (χ1n) is 6.84. The third-order valence-electron chi connectivity index (χ3n) is 3.69. The van der Waals surface area contributed by atoms with Gasteiger partial charge < -0.3 is 10.4 Å². The van der Waals surface area contributed by atoms with Crippen molar-refractivity contribution in [1.29, 1.82) is 0 Å². The SMILES string of the molecule is O=C(N[C@H]1c2ccc(Cl)nc2CC[C@@H]1O)c1ccccc1. The topological polar surface area (TPSA) is 62.2 Å². The summed E-state index contributed by atoms with van der Waals surface area (Å²) in [4.78, 5) is 16.5. The zero-order valence-electron chi connectivity index (χ0n) is 11.3. The molecule has 0 saturated carbocycles. The predicted molar refractivity (Wildman–Crippen MR) is 80.2 cm³/mol. The lowest BCUT2D eigenvalue weighted by molar-refractivity contribution is 0.0789. The molecule has 1 aliphatic carbocycles. The molecular formula is C16H15ClN2O2. The zero-order valence-corrected chi connectivity index (χ0v) is 12.0. The molecule has 0 radical (unpaired) electrons. The van der Waals surface area contributed by atoms with Crippen LogP contribution in [0, 0.1) is 0 Å². The van der Waals surface area contributed by atoms with E-state index >= 15 is 0 Å². The number of rotatable bonds is 2. The third kappa shape index (κ3) is 2.91. The normalized spacial score (nSPS) is 20.7. The van der Waals surface area contributed by atoms with Crippen LogP contribution in [0.2, 0.25) is 5.15 Å². The van der Waals surface area contributed by atoms with Gasteiger partial charge in [0.05, 0.1) is 12.1 Å². The fourth-order valence-corrected chi connectivity index (χ4v) is 2.78. The number of aliphatic hydroxyl groups is 1. The second-order valence-electron chi connectivity index (χ2n) is 5.09. The number of hydrogen-bond acceptors (Lipinski definition) is 3. The summed E-state index contributed by atoms with van der Waals surface area (Å²) < 4.78 is 0. The number of aliphatic hydroxyl groups excluding tert-OH is 1. The molecule has 4 nitrogen and oxygen atoms in total. The maximum atomic E-state index is 12.3. The van der Waals surface area contributed by atoms with Gasteiger partial charge in [-0.05, 0) is 36.6 Å². The van der Waals surface area contributed by atoms with Gasteiger partial charge in [0.25, 0.3) is 5.91 Å². The maximum absolute atomic E-state index is 12.3. The Morgan fingerprint density at radius 1 is 1.24 bits per heavy atom. The van der Waals surface area contributed by atoms with Gasteiger partial charge in [0.2, 0.25) is 0 Å². The molecule has 0 spiro atoms. The average molecular weight is 303 g/mol. The van der Waals surface area contributed by atoms with Crippen molar-refractivity contribution in [2.24, 2.45) is 0 Å². The highest BCUT2D eigenvalue weighted by Gasteiger charge is 2.30. The van der Waals surface area contributed by atoms with E-state index in [2.05, 4.69) is 10.3 Å². The molecule has 1 amide bonds. The second-order valence-corrected chi connectivity index (χ2v) is 5.48. The summed E-state index contributed by atoms with van der Waals surface area (Å²) in [5.41, 5.74) is 2.24. The van der Waals surface area contributed by atoms with Crippen LogP contribution in [0.4, 0.5) is 0 Å². The summed E-state index contributed by atoms with van der Waals surface area (Å²) >= 11 is 5.90. The van der Waals surface area contributed by atoms with E-state index in [0.717, 1.165) is 11.3 Å². The highest BCUT2D eigenvalue weighted by Crippen LogP contribution is 2.30. The first-order valence-corrected chi connectivity index (χ1v) is 7.22. The Labute approximate surface area is 127 Å². The first-order chi connectivity index (χ1) is 10.1. The Kier molecular flexibility index (Phi) is 3.90.